The van der Waals surface area contributed by atoms with Gasteiger partial charge in [0, 0.05) is 98.6 Å². The summed E-state index contributed by atoms with van der Waals surface area (Å²) in [5.74, 6) is -1.15. The summed E-state index contributed by atoms with van der Waals surface area (Å²) in [6, 6.07) is 34.1. The fourth-order valence-electron chi connectivity index (χ4n) is 16.3. The first-order chi connectivity index (χ1) is 56.9. The van der Waals surface area contributed by atoms with Crippen LogP contribution in [0.25, 0.3) is 89.0 Å². The summed E-state index contributed by atoms with van der Waals surface area (Å²) in [4.78, 5) is 11.3. The number of ketones is 1. The molecule has 0 fully saturated rings. The molecule has 4 atom stereocenters. The van der Waals surface area contributed by atoms with Gasteiger partial charge in [-0.2, -0.15) is 73.1 Å². The number of hydrogen-bond donors (Lipinski definition) is 10. The van der Waals surface area contributed by atoms with E-state index in [1.54, 1.807) is 121 Å². The zero-order chi connectivity index (χ0) is 88.1. The Hall–Kier alpha value is -11.2. The summed E-state index contributed by atoms with van der Waals surface area (Å²) in [5.41, 5.74) is -11.8. The van der Waals surface area contributed by atoms with Crippen LogP contribution in [-0.2, 0) is 50.9 Å². The number of aryl methyl sites for hydroxylation is 3. The molecular formula is C88H81F13N8O12. The zero-order valence-electron chi connectivity index (χ0n) is 65.6. The number of alkyl halides is 12. The maximum Gasteiger partial charge on any atom is 0.425 e. The Labute approximate surface area is 682 Å². The number of fused-ring (bicyclic) bond motifs is 12. The topological polar surface area (TPSA) is 300 Å². The second-order valence-electron chi connectivity index (χ2n) is 30.8. The van der Waals surface area contributed by atoms with Crippen LogP contribution in [0.3, 0.4) is 0 Å². The molecule has 4 heterocycles. The average Bonchev–Trinajstić information content (AvgIpc) is 1.57. The van der Waals surface area contributed by atoms with Crippen molar-refractivity contribution in [2.75, 3.05) is 46.2 Å². The van der Waals surface area contributed by atoms with E-state index in [1.165, 1.54) is 123 Å². The van der Waals surface area contributed by atoms with Crippen LogP contribution < -0.4 is 4.74 Å². The molecule has 16 rings (SSSR count). The summed E-state index contributed by atoms with van der Waals surface area (Å²) >= 11 is 0. The van der Waals surface area contributed by atoms with Gasteiger partial charge in [-0.1, -0.05) is 146 Å². The van der Waals surface area contributed by atoms with Gasteiger partial charge in [-0.15, -0.1) is 0 Å². The first kappa shape index (κ1) is 87.6. The van der Waals surface area contributed by atoms with E-state index in [4.69, 9.17) is 4.74 Å². The third kappa shape index (κ3) is 14.2. The second kappa shape index (κ2) is 31.6. The van der Waals surface area contributed by atoms with Gasteiger partial charge in [-0.05, 0) is 132 Å². The van der Waals surface area contributed by atoms with Crippen LogP contribution in [0.5, 0.6) is 5.75 Å². The number of ether oxygens (including phenoxy) is 1. The standard InChI is InChI=1S/C23H23F3N2O3.C22H20F4N2O3.C22H21F3N2O3.C21H17F3N2O3/c1-3-21(12-29,13-30)28-11-15(10-27-28)17-8-14(2)9-19-20(17)16-6-4-5-7-18(16)22(19,31)23(24,25)26;1-2-20(11-29,12-30)28-10-13(9-27-28)16-7-14(23)8-18-19(16)15-5-3-4-6-17(15)21(18,31)22(24,25)26;1-13-7-16(14-9-26-27(10-14)20(2,11-28)12-29)19-15-5-3-4-6-17(15)21(30,18(19)8-13)22(23,24)25;1-12(27)11-29-14-7-16(13-9-25-26(2)10-13)19-15-5-3-4-6-17(15)20(28,18(19)8-14)21(22,23)24/h4-11,29-31H,3,12-13H2,1-2H3;3-10,29-31H,2,11-12H2,1H3;3-10,28-30H,11-12H2,1-2H3;3-10,28H,11H2,1-2H3. The van der Waals surface area contributed by atoms with Gasteiger partial charge in [0.05, 0.1) is 64.4 Å². The van der Waals surface area contributed by atoms with Crippen LogP contribution in [0, 0.1) is 19.7 Å². The number of aliphatic hydroxyl groups excluding tert-OH is 6. The van der Waals surface area contributed by atoms with Gasteiger partial charge in [-0.3, -0.25) is 23.5 Å². The van der Waals surface area contributed by atoms with E-state index in [1.807, 2.05) is 0 Å². The normalized spacial score (nSPS) is 18.1. The first-order valence-electron chi connectivity index (χ1n) is 37.8. The number of carbonyl (C=O) groups excluding carboxylic acids is 1. The van der Waals surface area contributed by atoms with Crippen molar-refractivity contribution in [1.29, 1.82) is 0 Å². The molecule has 0 spiro atoms. The Morgan fingerprint density at radius 2 is 0.686 bits per heavy atom. The third-order valence-corrected chi connectivity index (χ3v) is 23.2. The lowest BCUT2D eigenvalue weighted by Gasteiger charge is -2.29. The van der Waals surface area contributed by atoms with Crippen LogP contribution in [0.1, 0.15) is 96.2 Å². The Balaban J connectivity index is 0.000000139. The quantitative estimate of drug-likeness (QED) is 0.0357. The number of benzene rings is 8. The Kier molecular flexibility index (Phi) is 22.9. The summed E-state index contributed by atoms with van der Waals surface area (Å²) in [6.45, 7) is 7.27. The van der Waals surface area contributed by atoms with Gasteiger partial charge in [0.2, 0.25) is 22.4 Å². The van der Waals surface area contributed by atoms with Gasteiger partial charge >= 0.3 is 24.7 Å². The summed E-state index contributed by atoms with van der Waals surface area (Å²) in [6.07, 6.45) is -6.98. The molecule has 12 aromatic rings. The van der Waals surface area contributed by atoms with Crippen molar-refractivity contribution in [1.82, 2.24) is 39.1 Å². The highest BCUT2D eigenvalue weighted by atomic mass is 19.4. The maximum atomic E-state index is 14.5. The van der Waals surface area contributed by atoms with Gasteiger partial charge in [0.15, 0.2) is 5.78 Å². The molecule has 636 valence electrons. The molecule has 121 heavy (non-hydrogen) atoms. The number of nitrogens with zero attached hydrogens (tertiary/aromatic N) is 8. The summed E-state index contributed by atoms with van der Waals surface area (Å²) < 4.78 is 195. The number of carbonyl (C=O) groups is 1. The fourth-order valence-corrected chi connectivity index (χ4v) is 16.3. The minimum atomic E-state index is -5.07. The maximum absolute atomic E-state index is 14.5. The largest absolute Gasteiger partial charge is 0.486 e. The molecule has 0 aliphatic heterocycles. The molecule has 8 aromatic carbocycles. The van der Waals surface area contributed by atoms with Crippen molar-refractivity contribution >= 4 is 5.78 Å². The van der Waals surface area contributed by atoms with E-state index in [0.717, 1.165) is 12.1 Å². The number of halogens is 13. The van der Waals surface area contributed by atoms with Crippen molar-refractivity contribution in [2.45, 2.75) is 118 Å². The molecule has 4 unspecified atom stereocenters. The number of aliphatic hydroxyl groups is 10. The molecule has 4 aliphatic rings. The van der Waals surface area contributed by atoms with E-state index in [0.29, 0.717) is 91.2 Å². The predicted octanol–water partition coefficient (Wildman–Crippen LogP) is 14.5. The minimum absolute atomic E-state index is 0.0615. The van der Waals surface area contributed by atoms with Crippen molar-refractivity contribution in [3.05, 3.63) is 257 Å². The molecular weight excluding hydrogens is 1610 g/mol. The van der Waals surface area contributed by atoms with Crippen LogP contribution >= 0.6 is 0 Å². The van der Waals surface area contributed by atoms with Crippen LogP contribution in [-0.4, -0.2) is 167 Å². The number of aromatic nitrogens is 8. The summed E-state index contributed by atoms with van der Waals surface area (Å²) in [7, 11) is 1.69. The van der Waals surface area contributed by atoms with Crippen molar-refractivity contribution in [3.8, 4) is 94.8 Å². The molecule has 0 radical (unpaired) electrons. The van der Waals surface area contributed by atoms with Gasteiger partial charge in [0.25, 0.3) is 0 Å². The number of Topliss-reactive ketones (excluding diaryl/α,β-unsaturated/α-hetero) is 1. The molecule has 0 amide bonds. The molecule has 4 aromatic heterocycles. The van der Waals surface area contributed by atoms with E-state index in [-0.39, 0.29) is 111 Å². The third-order valence-electron chi connectivity index (χ3n) is 23.2. The lowest BCUT2D eigenvalue weighted by molar-refractivity contribution is -0.247. The predicted molar refractivity (Wildman–Crippen MR) is 418 cm³/mol. The van der Waals surface area contributed by atoms with Crippen LogP contribution in [0.2, 0.25) is 0 Å². The van der Waals surface area contributed by atoms with E-state index < -0.39 is 88.3 Å². The number of hydrogen-bond acceptors (Lipinski definition) is 16. The fraction of sp³-hybridized carbons (Fsp3) is 0.307. The molecule has 20 nitrogen and oxygen atoms in total. The van der Waals surface area contributed by atoms with E-state index in [9.17, 15) is 113 Å². The highest BCUT2D eigenvalue weighted by molar-refractivity contribution is 5.97. The molecule has 0 saturated carbocycles. The Morgan fingerprint density at radius 1 is 0.388 bits per heavy atom. The molecule has 4 aliphatic carbocycles. The molecule has 33 heteroatoms. The SMILES string of the molecule is CC(=O)COc1cc(-c2cnn(C)c2)c2c(c1)C(O)(C(F)(F)F)c1ccccc1-2.CCC(CO)(CO)n1cc(-c2cc(C)cc3c2-c2ccccc2C3(O)C(F)(F)F)cn1.CCC(CO)(CO)n1cc(-c2cc(F)cc3c2-c2ccccc2C3(O)C(F)(F)F)cn1.Cc1cc(-c2cnn(C(C)(CO)CO)c2)c2c(c1)C(O)(C(F)(F)F)c1ccccc1-2. The lowest BCUT2D eigenvalue weighted by atomic mass is 9.88. The Bertz CT molecular complexity index is 5740. The van der Waals surface area contributed by atoms with Crippen LogP contribution in [0.4, 0.5) is 57.1 Å². The van der Waals surface area contributed by atoms with Crippen molar-refractivity contribution in [2.24, 2.45) is 7.05 Å². The second-order valence-corrected chi connectivity index (χ2v) is 30.8. The highest BCUT2D eigenvalue weighted by Crippen LogP contribution is 2.63. The van der Waals surface area contributed by atoms with Gasteiger partial charge in [-0.25, -0.2) is 4.39 Å². The monoisotopic (exact) mass is 1690 g/mol. The minimum Gasteiger partial charge on any atom is -0.486 e. The smallest absolute Gasteiger partial charge is 0.425 e. The molecule has 0 bridgehead atoms. The van der Waals surface area contributed by atoms with Gasteiger partial charge < -0.3 is 55.8 Å². The van der Waals surface area contributed by atoms with Crippen molar-refractivity contribution < 1.29 is 118 Å². The zero-order valence-corrected chi connectivity index (χ0v) is 65.6. The van der Waals surface area contributed by atoms with E-state index in [2.05, 4.69) is 20.4 Å². The molecule has 0 saturated heterocycles. The van der Waals surface area contributed by atoms with Crippen LogP contribution in [0.15, 0.2) is 195 Å². The highest BCUT2D eigenvalue weighted by Gasteiger charge is 2.65. The lowest BCUT2D eigenvalue weighted by Crippen LogP contribution is -2.41. The van der Waals surface area contributed by atoms with E-state index >= 15 is 0 Å². The average molecular weight is 1690 g/mol. The van der Waals surface area contributed by atoms with Crippen molar-refractivity contribution in [3.63, 3.8) is 0 Å². The number of rotatable bonds is 18. The van der Waals surface area contributed by atoms with Gasteiger partial charge in [0.1, 0.15) is 34.8 Å². The summed E-state index contributed by atoms with van der Waals surface area (Å²) in [5, 5.41) is 119. The first-order valence-corrected chi connectivity index (χ1v) is 37.8. The molecule has 10 N–H and O–H groups in total. The Morgan fingerprint density at radius 3 is 1.00 bits per heavy atom.